The van der Waals surface area contributed by atoms with E-state index in [4.69, 9.17) is 0 Å². The van der Waals surface area contributed by atoms with Crippen molar-refractivity contribution in [3.63, 3.8) is 0 Å². The normalized spacial score (nSPS) is 11.3. The molecular formula is C12H9BrF4N4. The summed E-state index contributed by atoms with van der Waals surface area (Å²) in [4.78, 5) is 7.75. The van der Waals surface area contributed by atoms with E-state index in [1.807, 2.05) is 0 Å². The molecule has 2 rings (SSSR count). The molecule has 0 spiro atoms. The molecule has 0 aliphatic heterocycles. The van der Waals surface area contributed by atoms with Crippen LogP contribution in [0, 0.1) is 5.82 Å². The molecule has 1 heterocycles. The van der Waals surface area contributed by atoms with Crippen molar-refractivity contribution in [1.82, 2.24) is 9.97 Å². The number of alkyl halides is 3. The average Bonchev–Trinajstić information content (AvgIpc) is 2.42. The summed E-state index contributed by atoms with van der Waals surface area (Å²) in [6.45, 7) is 0. The fraction of sp³-hybridized carbons (Fsp3) is 0.167. The SMILES string of the molecule is CNc1ncnc(Nc2cc(C(F)(F)F)ccc2F)c1Br. The van der Waals surface area contributed by atoms with Gasteiger partial charge in [-0.3, -0.25) is 0 Å². The van der Waals surface area contributed by atoms with Crippen LogP contribution < -0.4 is 10.6 Å². The Hall–Kier alpha value is -1.90. The van der Waals surface area contributed by atoms with Gasteiger partial charge < -0.3 is 10.6 Å². The third-order valence-corrected chi connectivity index (χ3v) is 3.32. The maximum Gasteiger partial charge on any atom is 0.416 e. The lowest BCUT2D eigenvalue weighted by molar-refractivity contribution is -0.137. The van der Waals surface area contributed by atoms with Gasteiger partial charge in [-0.15, -0.1) is 0 Å². The molecule has 0 unspecified atom stereocenters. The molecule has 0 saturated carbocycles. The number of aromatic nitrogens is 2. The first-order chi connectivity index (χ1) is 9.82. The Morgan fingerprint density at radius 1 is 1.14 bits per heavy atom. The minimum absolute atomic E-state index is 0.146. The summed E-state index contributed by atoms with van der Waals surface area (Å²) in [5, 5.41) is 5.27. The van der Waals surface area contributed by atoms with Gasteiger partial charge in [0.2, 0.25) is 0 Å². The molecule has 2 N–H and O–H groups in total. The molecule has 0 amide bonds. The zero-order valence-corrected chi connectivity index (χ0v) is 12.2. The first kappa shape index (κ1) is 15.5. The second-order valence-electron chi connectivity index (χ2n) is 3.95. The predicted octanol–water partition coefficient (Wildman–Crippen LogP) is 4.18. The van der Waals surface area contributed by atoms with Crippen molar-refractivity contribution in [1.29, 1.82) is 0 Å². The molecule has 112 valence electrons. The van der Waals surface area contributed by atoms with Gasteiger partial charge in [-0.1, -0.05) is 0 Å². The fourth-order valence-corrected chi connectivity index (χ4v) is 2.06. The van der Waals surface area contributed by atoms with Crippen LogP contribution in [0.4, 0.5) is 34.9 Å². The number of nitrogens with zero attached hydrogens (tertiary/aromatic N) is 2. The van der Waals surface area contributed by atoms with Crippen molar-refractivity contribution in [2.45, 2.75) is 6.18 Å². The Labute approximate surface area is 125 Å². The van der Waals surface area contributed by atoms with Crippen LogP contribution in [0.15, 0.2) is 29.0 Å². The summed E-state index contributed by atoms with van der Waals surface area (Å²) in [6.07, 6.45) is -3.35. The maximum absolute atomic E-state index is 13.7. The second kappa shape index (κ2) is 5.84. The lowest BCUT2D eigenvalue weighted by Crippen LogP contribution is -2.07. The third-order valence-electron chi connectivity index (χ3n) is 2.57. The lowest BCUT2D eigenvalue weighted by atomic mass is 10.2. The Bertz CT molecular complexity index is 660. The van der Waals surface area contributed by atoms with Gasteiger partial charge in [0.1, 0.15) is 28.3 Å². The molecule has 0 fully saturated rings. The van der Waals surface area contributed by atoms with Gasteiger partial charge in [0, 0.05) is 7.05 Å². The Morgan fingerprint density at radius 3 is 2.43 bits per heavy atom. The first-order valence-corrected chi connectivity index (χ1v) is 6.44. The summed E-state index contributed by atoms with van der Waals surface area (Å²) in [5.74, 6) is -0.257. The summed E-state index contributed by atoms with van der Waals surface area (Å²) < 4.78 is 52.0. The third kappa shape index (κ3) is 3.41. The molecule has 21 heavy (non-hydrogen) atoms. The number of halogens is 5. The zero-order valence-electron chi connectivity index (χ0n) is 10.6. The number of rotatable bonds is 3. The van der Waals surface area contributed by atoms with Crippen LogP contribution in [0.25, 0.3) is 0 Å². The molecule has 9 heteroatoms. The van der Waals surface area contributed by atoms with Gasteiger partial charge in [0.25, 0.3) is 0 Å². The van der Waals surface area contributed by atoms with E-state index >= 15 is 0 Å². The highest BCUT2D eigenvalue weighted by atomic mass is 79.9. The number of hydrogen-bond donors (Lipinski definition) is 2. The highest BCUT2D eigenvalue weighted by Gasteiger charge is 2.31. The first-order valence-electron chi connectivity index (χ1n) is 5.65. The van der Waals surface area contributed by atoms with Gasteiger partial charge in [-0.25, -0.2) is 14.4 Å². The smallest absolute Gasteiger partial charge is 0.372 e. The molecule has 0 bridgehead atoms. The van der Waals surface area contributed by atoms with Crippen molar-refractivity contribution in [3.05, 3.63) is 40.4 Å². The van der Waals surface area contributed by atoms with E-state index in [0.29, 0.717) is 22.4 Å². The number of benzene rings is 1. The van der Waals surface area contributed by atoms with Crippen LogP contribution in [-0.4, -0.2) is 17.0 Å². The molecule has 0 saturated heterocycles. The van der Waals surface area contributed by atoms with Gasteiger partial charge in [-0.05, 0) is 34.1 Å². The molecule has 4 nitrogen and oxygen atoms in total. The lowest BCUT2D eigenvalue weighted by Gasteiger charge is -2.13. The standard InChI is InChI=1S/C12H9BrF4N4/c1-18-10-9(13)11(20-5-19-10)21-8-4-6(12(15,16)17)2-3-7(8)14/h2-5H,1H3,(H2,18,19,20,21). The van der Waals surface area contributed by atoms with Crippen molar-refractivity contribution >= 4 is 33.3 Å². The van der Waals surface area contributed by atoms with Crippen LogP contribution in [0.2, 0.25) is 0 Å². The summed E-state index contributed by atoms with van der Waals surface area (Å²) in [7, 11) is 1.61. The van der Waals surface area contributed by atoms with Crippen LogP contribution in [0.3, 0.4) is 0 Å². The van der Waals surface area contributed by atoms with Gasteiger partial charge in [-0.2, -0.15) is 13.2 Å². The molecule has 0 atom stereocenters. The highest BCUT2D eigenvalue weighted by Crippen LogP contribution is 2.34. The van der Waals surface area contributed by atoms with Gasteiger partial charge in [0.15, 0.2) is 0 Å². The molecule has 0 aliphatic rings. The van der Waals surface area contributed by atoms with Gasteiger partial charge in [0.05, 0.1) is 11.3 Å². The largest absolute Gasteiger partial charge is 0.416 e. The van der Waals surface area contributed by atoms with Crippen molar-refractivity contribution in [3.8, 4) is 0 Å². The van der Waals surface area contributed by atoms with Crippen molar-refractivity contribution < 1.29 is 17.6 Å². The van der Waals surface area contributed by atoms with E-state index in [1.54, 1.807) is 7.05 Å². The highest BCUT2D eigenvalue weighted by molar-refractivity contribution is 9.10. The molecule has 2 aromatic rings. The number of nitrogens with one attached hydrogen (secondary N) is 2. The Kier molecular flexibility index (Phi) is 4.31. The maximum atomic E-state index is 13.7. The number of hydrogen-bond acceptors (Lipinski definition) is 4. The molecule has 0 aliphatic carbocycles. The minimum Gasteiger partial charge on any atom is -0.372 e. The summed E-state index contributed by atoms with van der Waals surface area (Å²) in [6, 6.07) is 2.11. The van der Waals surface area contributed by atoms with E-state index < -0.39 is 17.6 Å². The average molecular weight is 365 g/mol. The van der Waals surface area contributed by atoms with E-state index in [9.17, 15) is 17.6 Å². The van der Waals surface area contributed by atoms with Crippen LogP contribution >= 0.6 is 15.9 Å². The van der Waals surface area contributed by atoms with Crippen molar-refractivity contribution in [2.75, 3.05) is 17.7 Å². The van der Waals surface area contributed by atoms with Crippen molar-refractivity contribution in [2.24, 2.45) is 0 Å². The minimum atomic E-state index is -4.55. The Morgan fingerprint density at radius 2 is 1.81 bits per heavy atom. The van der Waals surface area contributed by atoms with E-state index in [-0.39, 0.29) is 11.5 Å². The predicted molar refractivity (Wildman–Crippen MR) is 74.0 cm³/mol. The van der Waals surface area contributed by atoms with Crippen LogP contribution in [-0.2, 0) is 6.18 Å². The zero-order chi connectivity index (χ0) is 15.6. The molecule has 1 aromatic heterocycles. The quantitative estimate of drug-likeness (QED) is 0.802. The summed E-state index contributed by atoms with van der Waals surface area (Å²) >= 11 is 3.19. The molecule has 0 radical (unpaired) electrons. The van der Waals surface area contributed by atoms with Crippen LogP contribution in [0.1, 0.15) is 5.56 Å². The molecule has 1 aromatic carbocycles. The van der Waals surface area contributed by atoms with Gasteiger partial charge >= 0.3 is 6.18 Å². The van der Waals surface area contributed by atoms with E-state index in [2.05, 4.69) is 36.5 Å². The summed E-state index contributed by atoms with van der Waals surface area (Å²) in [5.41, 5.74) is -1.28. The molecular weight excluding hydrogens is 356 g/mol. The topological polar surface area (TPSA) is 49.8 Å². The number of anilines is 3. The van der Waals surface area contributed by atoms with E-state index in [1.165, 1.54) is 6.33 Å². The fourth-order valence-electron chi connectivity index (χ4n) is 1.56. The van der Waals surface area contributed by atoms with E-state index in [0.717, 1.165) is 6.07 Å². The second-order valence-corrected chi connectivity index (χ2v) is 4.75. The monoisotopic (exact) mass is 364 g/mol. The Balaban J connectivity index is 2.40. The van der Waals surface area contributed by atoms with Crippen LogP contribution in [0.5, 0.6) is 0 Å².